The second kappa shape index (κ2) is 10.6. The summed E-state index contributed by atoms with van der Waals surface area (Å²) in [6, 6.07) is 14.2. The topological polar surface area (TPSA) is 73.9 Å². The molecule has 0 heterocycles. The van der Waals surface area contributed by atoms with Crippen LogP contribution in [0.25, 0.3) is 6.08 Å². The van der Waals surface area contributed by atoms with Crippen molar-refractivity contribution >= 4 is 23.6 Å². The molecule has 146 valence electrons. The lowest BCUT2D eigenvalue weighted by Gasteiger charge is -2.14. The van der Waals surface area contributed by atoms with Gasteiger partial charge in [-0.15, -0.1) is 0 Å². The molecule has 0 aliphatic carbocycles. The number of rotatable bonds is 9. The van der Waals surface area contributed by atoms with Crippen LogP contribution in [0.5, 0.6) is 11.5 Å². The summed E-state index contributed by atoms with van der Waals surface area (Å²) >= 11 is 0. The van der Waals surface area contributed by atoms with Crippen LogP contribution in [0.1, 0.15) is 12.5 Å². The van der Waals surface area contributed by atoms with Crippen molar-refractivity contribution in [3.8, 4) is 11.5 Å². The number of carbonyl (C=O) groups is 2. The molecule has 28 heavy (non-hydrogen) atoms. The minimum absolute atomic E-state index is 0.427. The monoisotopic (exact) mass is 381 g/mol. The van der Waals surface area contributed by atoms with E-state index in [4.69, 9.17) is 14.2 Å². The lowest BCUT2D eigenvalue weighted by Crippen LogP contribution is -2.29. The summed E-state index contributed by atoms with van der Waals surface area (Å²) in [5, 5.41) is 2.68. The number of amides is 1. The number of esters is 1. The Hall–Kier alpha value is -3.54. The van der Waals surface area contributed by atoms with Crippen LogP contribution in [0.15, 0.2) is 67.3 Å². The molecular weight excluding hydrogens is 358 g/mol. The van der Waals surface area contributed by atoms with Gasteiger partial charge in [-0.2, -0.15) is 0 Å². The summed E-state index contributed by atoms with van der Waals surface area (Å²) in [6.45, 7) is 5.52. The number of para-hydroxylation sites is 2. The van der Waals surface area contributed by atoms with E-state index < -0.39 is 18.0 Å². The van der Waals surface area contributed by atoms with Gasteiger partial charge in [0, 0.05) is 6.08 Å². The molecule has 1 N–H and O–H groups in total. The van der Waals surface area contributed by atoms with Crippen molar-refractivity contribution in [2.24, 2.45) is 0 Å². The summed E-state index contributed by atoms with van der Waals surface area (Å²) in [7, 11) is 1.51. The third-order valence-electron chi connectivity index (χ3n) is 3.69. The van der Waals surface area contributed by atoms with Gasteiger partial charge in [0.25, 0.3) is 5.91 Å². The normalized spacial score (nSPS) is 11.5. The van der Waals surface area contributed by atoms with Gasteiger partial charge in [0.2, 0.25) is 0 Å². The molecule has 0 saturated heterocycles. The summed E-state index contributed by atoms with van der Waals surface area (Å²) in [5.41, 5.74) is 1.31. The third-order valence-corrected chi connectivity index (χ3v) is 3.69. The van der Waals surface area contributed by atoms with E-state index in [-0.39, 0.29) is 0 Å². The molecule has 0 saturated carbocycles. The van der Waals surface area contributed by atoms with E-state index in [1.165, 1.54) is 20.1 Å². The smallest absolute Gasteiger partial charge is 0.331 e. The van der Waals surface area contributed by atoms with Crippen LogP contribution in [-0.4, -0.2) is 31.7 Å². The second-order valence-electron chi connectivity index (χ2n) is 5.77. The first-order valence-corrected chi connectivity index (χ1v) is 8.70. The predicted octanol–water partition coefficient (Wildman–Crippen LogP) is 3.84. The van der Waals surface area contributed by atoms with E-state index in [0.29, 0.717) is 23.8 Å². The van der Waals surface area contributed by atoms with Crippen LogP contribution in [-0.2, 0) is 14.3 Å². The number of hydrogen-bond donors (Lipinski definition) is 1. The average Bonchev–Trinajstić information content (AvgIpc) is 2.71. The first kappa shape index (κ1) is 20.8. The molecule has 2 aromatic carbocycles. The quantitative estimate of drug-likeness (QED) is 0.406. The van der Waals surface area contributed by atoms with Gasteiger partial charge in [0.15, 0.2) is 6.10 Å². The Bertz CT molecular complexity index is 842. The minimum atomic E-state index is -0.961. The van der Waals surface area contributed by atoms with Crippen molar-refractivity contribution in [1.82, 2.24) is 0 Å². The van der Waals surface area contributed by atoms with Crippen LogP contribution < -0.4 is 14.8 Å². The molecule has 0 radical (unpaired) electrons. The van der Waals surface area contributed by atoms with Crippen LogP contribution in [0.2, 0.25) is 0 Å². The maximum atomic E-state index is 12.2. The number of benzene rings is 2. The number of methoxy groups -OCH3 is 1. The molecule has 1 atom stereocenters. The first-order chi connectivity index (χ1) is 13.5. The largest absolute Gasteiger partial charge is 0.495 e. The summed E-state index contributed by atoms with van der Waals surface area (Å²) in [6.07, 6.45) is 3.57. The molecule has 0 aromatic heterocycles. The number of hydrogen-bond acceptors (Lipinski definition) is 5. The van der Waals surface area contributed by atoms with Crippen molar-refractivity contribution in [3.05, 3.63) is 72.8 Å². The Balaban J connectivity index is 1.88. The molecular formula is C22H23NO5. The summed E-state index contributed by atoms with van der Waals surface area (Å²) in [5.74, 6) is 0.167. The van der Waals surface area contributed by atoms with Crippen LogP contribution in [0.4, 0.5) is 5.69 Å². The summed E-state index contributed by atoms with van der Waals surface area (Å²) < 4.78 is 15.7. The number of ether oxygens (including phenoxy) is 3. The number of carbonyl (C=O) groups excluding carboxylic acids is 2. The first-order valence-electron chi connectivity index (χ1n) is 8.70. The SMILES string of the molecule is C=CCOc1ccc(/C=C/C(=O)O[C@@H](C)C(=O)Nc2ccccc2OC)cc1. The zero-order valence-electron chi connectivity index (χ0n) is 15.9. The highest BCUT2D eigenvalue weighted by molar-refractivity contribution is 5.97. The maximum Gasteiger partial charge on any atom is 0.331 e. The second-order valence-corrected chi connectivity index (χ2v) is 5.77. The Morgan fingerprint density at radius 1 is 1.14 bits per heavy atom. The van der Waals surface area contributed by atoms with Gasteiger partial charge in [-0.1, -0.05) is 36.9 Å². The van der Waals surface area contributed by atoms with E-state index in [1.807, 2.05) is 0 Å². The minimum Gasteiger partial charge on any atom is -0.495 e. The lowest BCUT2D eigenvalue weighted by atomic mass is 10.2. The highest BCUT2D eigenvalue weighted by Crippen LogP contribution is 2.23. The van der Waals surface area contributed by atoms with E-state index in [0.717, 1.165) is 5.56 Å². The van der Waals surface area contributed by atoms with Gasteiger partial charge in [0.05, 0.1) is 12.8 Å². The maximum absolute atomic E-state index is 12.2. The zero-order chi connectivity index (χ0) is 20.4. The zero-order valence-corrected chi connectivity index (χ0v) is 15.9. The van der Waals surface area contributed by atoms with Crippen LogP contribution in [0, 0.1) is 0 Å². The molecule has 6 nitrogen and oxygen atoms in total. The molecule has 0 unspecified atom stereocenters. The Morgan fingerprint density at radius 3 is 2.54 bits per heavy atom. The van der Waals surface area contributed by atoms with Crippen molar-refractivity contribution in [2.75, 3.05) is 19.0 Å². The van der Waals surface area contributed by atoms with Crippen LogP contribution in [0.3, 0.4) is 0 Å². The van der Waals surface area contributed by atoms with E-state index >= 15 is 0 Å². The summed E-state index contributed by atoms with van der Waals surface area (Å²) in [4.78, 5) is 24.2. The van der Waals surface area contributed by atoms with E-state index in [1.54, 1.807) is 60.7 Å². The van der Waals surface area contributed by atoms with Crippen LogP contribution >= 0.6 is 0 Å². The standard InChI is InChI=1S/C22H23NO5/c1-4-15-27-18-12-9-17(10-13-18)11-14-21(24)28-16(2)22(25)23-19-7-5-6-8-20(19)26-3/h4-14,16H,1,15H2,2-3H3,(H,23,25)/b14-11+/t16-/m0/s1. The molecule has 0 aliphatic heterocycles. The predicted molar refractivity (Wildman–Crippen MR) is 108 cm³/mol. The fraction of sp³-hybridized carbons (Fsp3) is 0.182. The highest BCUT2D eigenvalue weighted by Gasteiger charge is 2.18. The molecule has 0 aliphatic rings. The number of nitrogens with one attached hydrogen (secondary N) is 1. The highest BCUT2D eigenvalue weighted by atomic mass is 16.5. The Morgan fingerprint density at radius 2 is 1.86 bits per heavy atom. The van der Waals surface area contributed by atoms with Crippen molar-refractivity contribution in [1.29, 1.82) is 0 Å². The van der Waals surface area contributed by atoms with Gasteiger partial charge in [-0.3, -0.25) is 4.79 Å². The number of anilines is 1. The Kier molecular flexibility index (Phi) is 7.84. The molecule has 0 spiro atoms. The molecule has 1 amide bonds. The molecule has 2 aromatic rings. The van der Waals surface area contributed by atoms with Gasteiger partial charge in [0.1, 0.15) is 18.1 Å². The third kappa shape index (κ3) is 6.32. The van der Waals surface area contributed by atoms with Gasteiger partial charge in [-0.25, -0.2) is 4.79 Å². The molecule has 0 fully saturated rings. The van der Waals surface area contributed by atoms with E-state index in [9.17, 15) is 9.59 Å². The van der Waals surface area contributed by atoms with Gasteiger partial charge in [-0.05, 0) is 42.8 Å². The van der Waals surface area contributed by atoms with Crippen molar-refractivity contribution in [2.45, 2.75) is 13.0 Å². The van der Waals surface area contributed by atoms with Gasteiger partial charge < -0.3 is 19.5 Å². The van der Waals surface area contributed by atoms with Crippen molar-refractivity contribution < 1.29 is 23.8 Å². The van der Waals surface area contributed by atoms with Crippen molar-refractivity contribution in [3.63, 3.8) is 0 Å². The lowest BCUT2D eigenvalue weighted by molar-refractivity contribution is -0.148. The molecule has 0 bridgehead atoms. The average molecular weight is 381 g/mol. The fourth-order valence-electron chi connectivity index (χ4n) is 2.24. The van der Waals surface area contributed by atoms with Gasteiger partial charge >= 0.3 is 5.97 Å². The fourth-order valence-corrected chi connectivity index (χ4v) is 2.24. The van der Waals surface area contributed by atoms with E-state index in [2.05, 4.69) is 11.9 Å². The Labute approximate surface area is 164 Å². The molecule has 6 heteroatoms. The molecule has 2 rings (SSSR count).